The number of nitro groups is 2. The molecule has 0 aliphatic rings. The number of carbonyl (C=O) groups excluding carboxylic acids is 2. The van der Waals surface area contributed by atoms with Gasteiger partial charge >= 0.3 is 0 Å². The minimum absolute atomic E-state index is 0.0289. The molecule has 0 heterocycles. The Labute approximate surface area is 160 Å². The fraction of sp³-hybridized carbons (Fsp3) is 0.125. The molecule has 0 aliphatic heterocycles. The van der Waals surface area contributed by atoms with Gasteiger partial charge in [-0.25, -0.2) is 4.21 Å². The number of rotatable bonds is 6. The van der Waals surface area contributed by atoms with Crippen molar-refractivity contribution >= 4 is 45.4 Å². The molecule has 2 amide bonds. The molecule has 0 aromatic heterocycles. The van der Waals surface area contributed by atoms with E-state index in [4.69, 9.17) is 0 Å². The van der Waals surface area contributed by atoms with Crippen LogP contribution in [0.5, 0.6) is 0 Å². The fourth-order valence-electron chi connectivity index (χ4n) is 2.28. The average molecular weight is 406 g/mol. The summed E-state index contributed by atoms with van der Waals surface area (Å²) >= 11 is 0. The summed E-state index contributed by atoms with van der Waals surface area (Å²) in [5.74, 6) is -1.07. The molecule has 12 heteroatoms. The average Bonchev–Trinajstić information content (AvgIpc) is 2.59. The Balaban J connectivity index is 2.61. The molecule has 0 saturated carbocycles. The Bertz CT molecular complexity index is 943. The van der Waals surface area contributed by atoms with E-state index in [0.29, 0.717) is 0 Å². The van der Waals surface area contributed by atoms with Gasteiger partial charge in [-0.15, -0.1) is 0 Å². The third-order valence-corrected chi connectivity index (χ3v) is 4.88. The summed E-state index contributed by atoms with van der Waals surface area (Å²) in [5.41, 5.74) is -0.745. The molecule has 0 unspecified atom stereocenters. The highest BCUT2D eigenvalue weighted by Gasteiger charge is 2.22. The molecule has 0 fully saturated rings. The zero-order valence-corrected chi connectivity index (χ0v) is 15.4. The van der Waals surface area contributed by atoms with E-state index in [1.165, 1.54) is 26.0 Å². The first kappa shape index (κ1) is 20.6. The molecule has 2 N–H and O–H groups in total. The highest BCUT2D eigenvalue weighted by Crippen LogP contribution is 2.33. The van der Waals surface area contributed by atoms with Crippen molar-refractivity contribution in [3.63, 3.8) is 0 Å². The number of anilines is 2. The Morgan fingerprint density at radius 1 is 0.821 bits per heavy atom. The van der Waals surface area contributed by atoms with Crippen LogP contribution in [0.25, 0.3) is 0 Å². The standard InChI is InChI=1S/C16H14N4O7S/c1-9(21)17-13-7-11(19(23)24)3-5-15(13)28(27)16-6-4-12(20(25)26)8-14(16)18-10(2)22/h3-8H,1-2H3,(H,17,21)(H,18,22). The van der Waals surface area contributed by atoms with Crippen LogP contribution in [0, 0.1) is 20.2 Å². The van der Waals surface area contributed by atoms with Crippen molar-refractivity contribution in [3.8, 4) is 0 Å². The lowest BCUT2D eigenvalue weighted by Gasteiger charge is -2.13. The van der Waals surface area contributed by atoms with Crippen LogP contribution in [0.2, 0.25) is 0 Å². The lowest BCUT2D eigenvalue weighted by Crippen LogP contribution is -2.12. The molecule has 0 bridgehead atoms. The third-order valence-electron chi connectivity index (χ3n) is 3.37. The number of nitro benzene ring substituents is 2. The van der Waals surface area contributed by atoms with E-state index in [2.05, 4.69) is 10.6 Å². The van der Waals surface area contributed by atoms with E-state index in [1.54, 1.807) is 0 Å². The topological polar surface area (TPSA) is 162 Å². The summed E-state index contributed by atoms with van der Waals surface area (Å²) in [4.78, 5) is 43.5. The van der Waals surface area contributed by atoms with Crippen molar-refractivity contribution in [3.05, 3.63) is 56.6 Å². The van der Waals surface area contributed by atoms with Gasteiger partial charge < -0.3 is 10.6 Å². The maximum absolute atomic E-state index is 13.1. The molecular formula is C16H14N4O7S. The molecular weight excluding hydrogens is 392 g/mol. The number of benzene rings is 2. The largest absolute Gasteiger partial charge is 0.325 e. The van der Waals surface area contributed by atoms with Crippen LogP contribution in [0.3, 0.4) is 0 Å². The van der Waals surface area contributed by atoms with Gasteiger partial charge in [-0.1, -0.05) is 0 Å². The van der Waals surface area contributed by atoms with Crippen molar-refractivity contribution < 1.29 is 23.6 Å². The van der Waals surface area contributed by atoms with Gasteiger partial charge in [0.1, 0.15) is 0 Å². The van der Waals surface area contributed by atoms with Crippen LogP contribution < -0.4 is 10.6 Å². The molecule has 0 atom stereocenters. The van der Waals surface area contributed by atoms with Gasteiger partial charge in [-0.05, 0) is 12.1 Å². The van der Waals surface area contributed by atoms with Gasteiger partial charge in [0.2, 0.25) is 11.8 Å². The van der Waals surface area contributed by atoms with Gasteiger partial charge in [-0.2, -0.15) is 0 Å². The van der Waals surface area contributed by atoms with Gasteiger partial charge in [0.15, 0.2) is 0 Å². The summed E-state index contributed by atoms with van der Waals surface area (Å²) < 4.78 is 13.1. The van der Waals surface area contributed by atoms with Crippen LogP contribution in [0.1, 0.15) is 13.8 Å². The Morgan fingerprint density at radius 3 is 1.46 bits per heavy atom. The second kappa shape index (κ2) is 8.35. The molecule has 0 radical (unpaired) electrons. The van der Waals surface area contributed by atoms with Crippen LogP contribution in [0.15, 0.2) is 46.2 Å². The van der Waals surface area contributed by atoms with E-state index in [0.717, 1.165) is 24.3 Å². The first-order chi connectivity index (χ1) is 13.1. The van der Waals surface area contributed by atoms with Crippen molar-refractivity contribution in [2.45, 2.75) is 23.6 Å². The van der Waals surface area contributed by atoms with Crippen molar-refractivity contribution in [1.82, 2.24) is 0 Å². The number of hydrogen-bond donors (Lipinski definition) is 2. The van der Waals surface area contributed by atoms with Crippen molar-refractivity contribution in [2.75, 3.05) is 10.6 Å². The maximum Gasteiger partial charge on any atom is 0.271 e. The monoisotopic (exact) mass is 406 g/mol. The van der Waals surface area contributed by atoms with Gasteiger partial charge in [0.25, 0.3) is 11.4 Å². The van der Waals surface area contributed by atoms with Gasteiger partial charge in [0.05, 0.1) is 41.8 Å². The van der Waals surface area contributed by atoms with E-state index in [1.807, 2.05) is 0 Å². The quantitative estimate of drug-likeness (QED) is 0.550. The third kappa shape index (κ3) is 4.73. The van der Waals surface area contributed by atoms with E-state index >= 15 is 0 Å². The first-order valence-corrected chi connectivity index (χ1v) is 8.79. The molecule has 146 valence electrons. The maximum atomic E-state index is 13.1. The van der Waals surface area contributed by atoms with Crippen molar-refractivity contribution in [1.29, 1.82) is 0 Å². The summed E-state index contributed by atoms with van der Waals surface area (Å²) in [7, 11) is -2.02. The smallest absolute Gasteiger partial charge is 0.271 e. The predicted molar refractivity (Wildman–Crippen MR) is 99.5 cm³/mol. The van der Waals surface area contributed by atoms with Crippen molar-refractivity contribution in [2.24, 2.45) is 0 Å². The highest BCUT2D eigenvalue weighted by molar-refractivity contribution is 7.85. The minimum Gasteiger partial charge on any atom is -0.325 e. The summed E-state index contributed by atoms with van der Waals surface area (Å²) in [6.07, 6.45) is 0. The number of nitrogens with zero attached hydrogens (tertiary/aromatic N) is 2. The molecule has 2 rings (SSSR count). The number of amides is 2. The molecule has 2 aromatic carbocycles. The molecule has 0 aliphatic carbocycles. The number of hydrogen-bond acceptors (Lipinski definition) is 7. The molecule has 0 saturated heterocycles. The lowest BCUT2D eigenvalue weighted by molar-refractivity contribution is -0.385. The zero-order valence-electron chi connectivity index (χ0n) is 14.6. The number of nitrogens with one attached hydrogen (secondary N) is 2. The summed E-state index contributed by atoms with van der Waals surface area (Å²) in [5, 5.41) is 26.7. The Morgan fingerprint density at radius 2 is 1.18 bits per heavy atom. The number of carbonyl (C=O) groups is 2. The molecule has 0 spiro atoms. The fourth-order valence-corrected chi connectivity index (χ4v) is 3.52. The lowest BCUT2D eigenvalue weighted by atomic mass is 10.2. The number of non-ortho nitro benzene ring substituents is 2. The van der Waals surface area contributed by atoms with E-state index in [-0.39, 0.29) is 32.5 Å². The Kier molecular flexibility index (Phi) is 6.15. The molecule has 11 nitrogen and oxygen atoms in total. The second-order valence-corrected chi connectivity index (χ2v) is 6.92. The molecule has 28 heavy (non-hydrogen) atoms. The van der Waals surface area contributed by atoms with E-state index < -0.39 is 32.5 Å². The highest BCUT2D eigenvalue weighted by atomic mass is 32.2. The van der Waals surface area contributed by atoms with Crippen LogP contribution >= 0.6 is 0 Å². The minimum atomic E-state index is -2.02. The summed E-state index contributed by atoms with van der Waals surface area (Å²) in [6, 6.07) is 6.75. The molecule has 2 aromatic rings. The first-order valence-electron chi connectivity index (χ1n) is 7.64. The Hall–Kier alpha value is -3.67. The predicted octanol–water partition coefficient (Wildman–Crippen LogP) is 2.59. The normalized spacial score (nSPS) is 10.4. The zero-order chi connectivity index (χ0) is 21.0. The van der Waals surface area contributed by atoms with Crippen LogP contribution in [-0.2, 0) is 20.4 Å². The van der Waals surface area contributed by atoms with E-state index in [9.17, 15) is 34.0 Å². The second-order valence-electron chi connectivity index (χ2n) is 5.51. The summed E-state index contributed by atoms with van der Waals surface area (Å²) in [6.45, 7) is 2.36. The van der Waals surface area contributed by atoms with Crippen LogP contribution in [-0.4, -0.2) is 25.9 Å². The SMILES string of the molecule is CC(=O)Nc1cc([N+](=O)[O-])ccc1S(=O)c1ccc([N+](=O)[O-])cc1NC(C)=O. The van der Waals surface area contributed by atoms with Gasteiger partial charge in [0, 0.05) is 38.1 Å². The van der Waals surface area contributed by atoms with Crippen LogP contribution in [0.4, 0.5) is 22.7 Å². The van der Waals surface area contributed by atoms with Gasteiger partial charge in [-0.3, -0.25) is 29.8 Å².